The zero-order valence-electron chi connectivity index (χ0n) is 12.7. The van der Waals surface area contributed by atoms with E-state index in [0.717, 1.165) is 6.07 Å². The highest BCUT2D eigenvalue weighted by Gasteiger charge is 2.39. The Morgan fingerprint density at radius 2 is 1.88 bits per heavy atom. The van der Waals surface area contributed by atoms with Crippen molar-refractivity contribution in [2.45, 2.75) is 25.4 Å². The van der Waals surface area contributed by atoms with Crippen molar-refractivity contribution < 1.29 is 26.7 Å². The number of hydrogen-bond donors (Lipinski definition) is 2. The first kappa shape index (κ1) is 17.1. The van der Waals surface area contributed by atoms with E-state index in [-0.39, 0.29) is 16.9 Å². The standard InChI is InChI=1S/C16H12F5N3O/c17-9-5-4-7(6-10(9)18)12-13(24-15(22)25)8-2-1-3-11(8)23-14(12)16(19,20)21/h4-6H,1-3H2,(H3,22,23,24,25). The number of fused-ring (bicyclic) bond motifs is 1. The highest BCUT2D eigenvalue weighted by atomic mass is 19.4. The summed E-state index contributed by atoms with van der Waals surface area (Å²) >= 11 is 0. The number of rotatable bonds is 2. The third-order valence-corrected chi connectivity index (χ3v) is 3.95. The maximum Gasteiger partial charge on any atom is 0.434 e. The molecule has 3 N–H and O–H groups in total. The lowest BCUT2D eigenvalue weighted by molar-refractivity contribution is -0.140. The lowest BCUT2D eigenvalue weighted by atomic mass is 9.97. The van der Waals surface area contributed by atoms with Gasteiger partial charge >= 0.3 is 12.2 Å². The molecule has 132 valence electrons. The Labute approximate surface area is 138 Å². The Bertz CT molecular complexity index is 864. The molecule has 0 atom stereocenters. The number of carbonyl (C=O) groups is 1. The summed E-state index contributed by atoms with van der Waals surface area (Å²) in [6, 6.07) is 1.29. The van der Waals surface area contributed by atoms with Gasteiger partial charge in [-0.1, -0.05) is 6.07 Å². The van der Waals surface area contributed by atoms with Crippen molar-refractivity contribution in [2.75, 3.05) is 5.32 Å². The number of urea groups is 1. The van der Waals surface area contributed by atoms with Crippen molar-refractivity contribution in [2.24, 2.45) is 5.73 Å². The van der Waals surface area contributed by atoms with Gasteiger partial charge in [-0.15, -0.1) is 0 Å². The van der Waals surface area contributed by atoms with Crippen LogP contribution in [0.5, 0.6) is 0 Å². The van der Waals surface area contributed by atoms with Crippen LogP contribution in [0.3, 0.4) is 0 Å². The summed E-state index contributed by atoms with van der Waals surface area (Å²) in [4.78, 5) is 15.0. The van der Waals surface area contributed by atoms with E-state index in [0.29, 0.717) is 37.0 Å². The van der Waals surface area contributed by atoms with E-state index in [1.807, 2.05) is 0 Å². The topological polar surface area (TPSA) is 68.0 Å². The molecule has 0 radical (unpaired) electrons. The molecule has 0 spiro atoms. The number of halogens is 5. The summed E-state index contributed by atoms with van der Waals surface area (Å²) in [6.45, 7) is 0. The van der Waals surface area contributed by atoms with E-state index in [2.05, 4.69) is 10.3 Å². The summed E-state index contributed by atoms with van der Waals surface area (Å²) in [5.74, 6) is -2.51. The molecule has 1 aromatic heterocycles. The smallest absolute Gasteiger partial charge is 0.351 e. The normalized spacial score (nSPS) is 13.6. The molecule has 2 aromatic rings. The van der Waals surface area contributed by atoms with Crippen LogP contribution in [-0.2, 0) is 19.0 Å². The fourth-order valence-corrected chi connectivity index (χ4v) is 2.98. The minimum Gasteiger partial charge on any atom is -0.351 e. The lowest BCUT2D eigenvalue weighted by Gasteiger charge is -2.20. The van der Waals surface area contributed by atoms with Crippen LogP contribution in [0, 0.1) is 11.6 Å². The fourth-order valence-electron chi connectivity index (χ4n) is 2.98. The second kappa shape index (κ2) is 5.98. The van der Waals surface area contributed by atoms with Crippen LogP contribution in [0.2, 0.25) is 0 Å². The number of alkyl halides is 3. The van der Waals surface area contributed by atoms with Gasteiger partial charge in [-0.2, -0.15) is 13.2 Å². The van der Waals surface area contributed by atoms with E-state index < -0.39 is 35.1 Å². The molecule has 1 heterocycles. The zero-order valence-corrected chi connectivity index (χ0v) is 12.7. The van der Waals surface area contributed by atoms with Crippen LogP contribution in [0.1, 0.15) is 23.4 Å². The van der Waals surface area contributed by atoms with E-state index in [1.165, 1.54) is 0 Å². The van der Waals surface area contributed by atoms with Crippen molar-refractivity contribution in [1.29, 1.82) is 0 Å². The maximum absolute atomic E-state index is 13.6. The summed E-state index contributed by atoms with van der Waals surface area (Å²) in [7, 11) is 0. The average Bonchev–Trinajstić information content (AvgIpc) is 2.97. The predicted octanol–water partition coefficient (Wildman–Crippen LogP) is 4.02. The van der Waals surface area contributed by atoms with E-state index in [9.17, 15) is 26.7 Å². The van der Waals surface area contributed by atoms with Crippen LogP contribution in [-0.4, -0.2) is 11.0 Å². The summed E-state index contributed by atoms with van der Waals surface area (Å²) in [5.41, 5.74) is 3.52. The number of amides is 2. The first-order chi connectivity index (χ1) is 11.7. The quantitative estimate of drug-likeness (QED) is 0.797. The largest absolute Gasteiger partial charge is 0.434 e. The van der Waals surface area contributed by atoms with Gasteiger partial charge in [-0.05, 0) is 42.5 Å². The molecule has 0 fully saturated rings. The number of aryl methyl sites for hydroxylation is 1. The molecule has 1 aliphatic carbocycles. The van der Waals surface area contributed by atoms with Gasteiger partial charge in [-0.3, -0.25) is 0 Å². The predicted molar refractivity (Wildman–Crippen MR) is 79.8 cm³/mol. The molecular weight excluding hydrogens is 345 g/mol. The fraction of sp³-hybridized carbons (Fsp3) is 0.250. The van der Waals surface area contributed by atoms with Gasteiger partial charge in [0.25, 0.3) is 0 Å². The van der Waals surface area contributed by atoms with E-state index in [4.69, 9.17) is 5.73 Å². The third kappa shape index (κ3) is 3.13. The number of nitrogens with two attached hydrogens (primary N) is 1. The number of primary amides is 1. The minimum absolute atomic E-state index is 0.159. The number of nitrogens with zero attached hydrogens (tertiary/aromatic N) is 1. The molecule has 0 bridgehead atoms. The number of aromatic nitrogens is 1. The first-order valence-corrected chi connectivity index (χ1v) is 7.33. The Balaban J connectivity index is 2.36. The van der Waals surface area contributed by atoms with Crippen molar-refractivity contribution in [3.8, 4) is 11.1 Å². The van der Waals surface area contributed by atoms with Gasteiger partial charge < -0.3 is 11.1 Å². The molecule has 0 saturated carbocycles. The highest BCUT2D eigenvalue weighted by Crippen LogP contribution is 2.44. The van der Waals surface area contributed by atoms with Crippen molar-refractivity contribution >= 4 is 11.7 Å². The molecule has 9 heteroatoms. The number of anilines is 1. The average molecular weight is 357 g/mol. The summed E-state index contributed by atoms with van der Waals surface area (Å²) < 4.78 is 67.3. The van der Waals surface area contributed by atoms with Gasteiger partial charge in [-0.25, -0.2) is 18.6 Å². The Morgan fingerprint density at radius 1 is 1.16 bits per heavy atom. The van der Waals surface area contributed by atoms with Crippen LogP contribution in [0.15, 0.2) is 18.2 Å². The molecule has 1 aromatic carbocycles. The van der Waals surface area contributed by atoms with Crippen LogP contribution in [0.4, 0.5) is 32.4 Å². The molecule has 0 aliphatic heterocycles. The van der Waals surface area contributed by atoms with Crippen molar-refractivity contribution in [3.05, 3.63) is 46.8 Å². The maximum atomic E-state index is 13.6. The Hall–Kier alpha value is -2.71. The second-order valence-electron chi connectivity index (χ2n) is 5.61. The number of carbonyl (C=O) groups excluding carboxylic acids is 1. The molecular formula is C16H12F5N3O. The molecule has 2 amide bonds. The van der Waals surface area contributed by atoms with E-state index >= 15 is 0 Å². The van der Waals surface area contributed by atoms with Crippen LogP contribution < -0.4 is 11.1 Å². The molecule has 25 heavy (non-hydrogen) atoms. The van der Waals surface area contributed by atoms with Gasteiger partial charge in [0.15, 0.2) is 17.3 Å². The molecule has 3 rings (SSSR count). The number of hydrogen-bond acceptors (Lipinski definition) is 2. The number of benzene rings is 1. The molecule has 0 saturated heterocycles. The van der Waals surface area contributed by atoms with Crippen molar-refractivity contribution in [3.63, 3.8) is 0 Å². The van der Waals surface area contributed by atoms with Gasteiger partial charge in [0, 0.05) is 11.3 Å². The van der Waals surface area contributed by atoms with Crippen molar-refractivity contribution in [1.82, 2.24) is 4.98 Å². The van der Waals surface area contributed by atoms with Crippen LogP contribution >= 0.6 is 0 Å². The van der Waals surface area contributed by atoms with Gasteiger partial charge in [0.2, 0.25) is 0 Å². The van der Waals surface area contributed by atoms with E-state index in [1.54, 1.807) is 0 Å². The van der Waals surface area contributed by atoms with Gasteiger partial charge in [0.05, 0.1) is 5.69 Å². The Kier molecular flexibility index (Phi) is 4.09. The highest BCUT2D eigenvalue weighted by molar-refractivity contribution is 5.96. The minimum atomic E-state index is -4.86. The van der Waals surface area contributed by atoms with Crippen LogP contribution in [0.25, 0.3) is 11.1 Å². The first-order valence-electron chi connectivity index (χ1n) is 7.33. The zero-order chi connectivity index (χ0) is 18.4. The monoisotopic (exact) mass is 357 g/mol. The summed E-state index contributed by atoms with van der Waals surface area (Å²) in [5, 5.41) is 2.20. The molecule has 1 aliphatic rings. The molecule has 0 unspecified atom stereocenters. The summed E-state index contributed by atoms with van der Waals surface area (Å²) in [6.07, 6.45) is -3.57. The second-order valence-corrected chi connectivity index (χ2v) is 5.61. The third-order valence-electron chi connectivity index (χ3n) is 3.95. The SMILES string of the molecule is NC(=O)Nc1c2c(nc(C(F)(F)F)c1-c1ccc(F)c(F)c1)CCC2. The molecule has 4 nitrogen and oxygen atoms in total. The number of nitrogens with one attached hydrogen (secondary N) is 1. The van der Waals surface area contributed by atoms with Gasteiger partial charge in [0.1, 0.15) is 0 Å². The Morgan fingerprint density at radius 3 is 2.48 bits per heavy atom. The number of pyridine rings is 1. The lowest BCUT2D eigenvalue weighted by Crippen LogP contribution is -2.23.